The summed E-state index contributed by atoms with van der Waals surface area (Å²) in [5, 5.41) is 2.66. The van der Waals surface area contributed by atoms with Gasteiger partial charge in [0.05, 0.1) is 5.41 Å². The Morgan fingerprint density at radius 3 is 2.89 bits per heavy atom. The molecule has 1 aromatic carbocycles. The summed E-state index contributed by atoms with van der Waals surface area (Å²) in [5.41, 5.74) is 0.536. The molecule has 1 aromatic rings. The zero-order chi connectivity index (χ0) is 14.0. The van der Waals surface area contributed by atoms with E-state index in [2.05, 4.69) is 5.32 Å². The van der Waals surface area contributed by atoms with Gasteiger partial charge in [0.2, 0.25) is 5.91 Å². The molecule has 4 nitrogen and oxygen atoms in total. The van der Waals surface area contributed by atoms with Crippen molar-refractivity contribution in [1.29, 1.82) is 0 Å². The van der Waals surface area contributed by atoms with Crippen LogP contribution in [-0.2, 0) is 4.79 Å². The molecule has 102 valence electrons. The number of nitrogens with one attached hydrogen (secondary N) is 1. The highest BCUT2D eigenvalue weighted by atomic mass is 19.1. The van der Waals surface area contributed by atoms with E-state index in [0.29, 0.717) is 37.0 Å². The van der Waals surface area contributed by atoms with Gasteiger partial charge in [0.1, 0.15) is 5.82 Å². The highest BCUT2D eigenvalue weighted by Crippen LogP contribution is 2.34. The van der Waals surface area contributed by atoms with Gasteiger partial charge in [0.25, 0.3) is 0 Å². The maximum absolute atomic E-state index is 13.1. The number of carbonyl (C=O) groups is 2. The molecule has 0 bridgehead atoms. The Balaban J connectivity index is 2.26. The first-order valence-corrected chi connectivity index (χ1v) is 6.22. The van der Waals surface area contributed by atoms with Crippen molar-refractivity contribution < 1.29 is 14.0 Å². The number of hydrogen-bond donors (Lipinski definition) is 1. The number of halogens is 1. The molecule has 0 aliphatic carbocycles. The SMILES string of the molecule is CNC(=O)C1(C)CCN(c2ccc(F)cc2C=O)C1. The molecule has 5 heteroatoms. The minimum Gasteiger partial charge on any atom is -0.370 e. The predicted molar refractivity (Wildman–Crippen MR) is 70.8 cm³/mol. The minimum absolute atomic E-state index is 0.00948. The van der Waals surface area contributed by atoms with Gasteiger partial charge in [0.15, 0.2) is 6.29 Å². The van der Waals surface area contributed by atoms with E-state index in [0.717, 1.165) is 0 Å². The van der Waals surface area contributed by atoms with Crippen molar-refractivity contribution in [2.75, 3.05) is 25.0 Å². The molecule has 19 heavy (non-hydrogen) atoms. The zero-order valence-corrected chi connectivity index (χ0v) is 11.1. The van der Waals surface area contributed by atoms with Gasteiger partial charge >= 0.3 is 0 Å². The quantitative estimate of drug-likeness (QED) is 0.844. The summed E-state index contributed by atoms with van der Waals surface area (Å²) in [6.45, 7) is 3.10. The van der Waals surface area contributed by atoms with Crippen LogP contribution in [0.5, 0.6) is 0 Å². The van der Waals surface area contributed by atoms with Crippen molar-refractivity contribution >= 4 is 17.9 Å². The molecular formula is C14H17FN2O2. The van der Waals surface area contributed by atoms with Crippen LogP contribution in [0, 0.1) is 11.2 Å². The van der Waals surface area contributed by atoms with Gasteiger partial charge in [-0.15, -0.1) is 0 Å². The first-order chi connectivity index (χ1) is 9.00. The fourth-order valence-electron chi connectivity index (χ4n) is 2.56. The lowest BCUT2D eigenvalue weighted by molar-refractivity contribution is -0.128. The van der Waals surface area contributed by atoms with Gasteiger partial charge in [-0.3, -0.25) is 9.59 Å². The Morgan fingerprint density at radius 2 is 2.26 bits per heavy atom. The summed E-state index contributed by atoms with van der Waals surface area (Å²) in [6.07, 6.45) is 1.36. The average molecular weight is 264 g/mol. The number of carbonyl (C=O) groups excluding carboxylic acids is 2. The molecule has 1 atom stereocenters. The molecule has 1 heterocycles. The third-order valence-corrected chi connectivity index (χ3v) is 3.71. The maximum Gasteiger partial charge on any atom is 0.227 e. The molecule has 0 aromatic heterocycles. The van der Waals surface area contributed by atoms with Crippen LogP contribution in [0.1, 0.15) is 23.7 Å². The third-order valence-electron chi connectivity index (χ3n) is 3.71. The first-order valence-electron chi connectivity index (χ1n) is 6.22. The average Bonchev–Trinajstić information content (AvgIpc) is 2.81. The molecule has 1 N–H and O–H groups in total. The third kappa shape index (κ3) is 2.45. The summed E-state index contributed by atoms with van der Waals surface area (Å²) in [5.74, 6) is -0.441. The van der Waals surface area contributed by atoms with E-state index in [1.54, 1.807) is 13.1 Å². The summed E-state index contributed by atoms with van der Waals surface area (Å²) in [6, 6.07) is 4.14. The van der Waals surface area contributed by atoms with E-state index in [4.69, 9.17) is 0 Å². The van der Waals surface area contributed by atoms with Crippen molar-refractivity contribution in [2.45, 2.75) is 13.3 Å². The molecule has 2 rings (SSSR count). The fourth-order valence-corrected chi connectivity index (χ4v) is 2.56. The van der Waals surface area contributed by atoms with Crippen LogP contribution < -0.4 is 10.2 Å². The van der Waals surface area contributed by atoms with Crippen molar-refractivity contribution in [3.8, 4) is 0 Å². The van der Waals surface area contributed by atoms with Crippen LogP contribution in [0.2, 0.25) is 0 Å². The molecule has 1 fully saturated rings. The molecule has 0 spiro atoms. The normalized spacial score (nSPS) is 22.4. The van der Waals surface area contributed by atoms with Gasteiger partial charge in [-0.2, -0.15) is 0 Å². The Bertz CT molecular complexity index is 518. The molecule has 0 saturated carbocycles. The zero-order valence-electron chi connectivity index (χ0n) is 11.1. The van der Waals surface area contributed by atoms with E-state index in [1.807, 2.05) is 11.8 Å². The predicted octanol–water partition coefficient (Wildman–Crippen LogP) is 1.60. The van der Waals surface area contributed by atoms with E-state index in [1.165, 1.54) is 12.1 Å². The van der Waals surface area contributed by atoms with Crippen molar-refractivity contribution in [2.24, 2.45) is 5.41 Å². The van der Waals surface area contributed by atoms with Gasteiger partial charge in [0, 0.05) is 31.4 Å². The number of nitrogens with zero attached hydrogens (tertiary/aromatic N) is 1. The largest absolute Gasteiger partial charge is 0.370 e. The van der Waals surface area contributed by atoms with Crippen LogP contribution >= 0.6 is 0 Å². The molecule has 1 aliphatic rings. The van der Waals surface area contributed by atoms with Crippen LogP contribution in [-0.4, -0.2) is 32.3 Å². The van der Waals surface area contributed by atoms with Gasteiger partial charge in [-0.1, -0.05) is 0 Å². The number of rotatable bonds is 3. The lowest BCUT2D eigenvalue weighted by atomic mass is 9.89. The highest BCUT2D eigenvalue weighted by Gasteiger charge is 2.40. The van der Waals surface area contributed by atoms with Gasteiger partial charge in [-0.25, -0.2) is 4.39 Å². The van der Waals surface area contributed by atoms with E-state index in [9.17, 15) is 14.0 Å². The summed E-state index contributed by atoms with van der Waals surface area (Å²) < 4.78 is 13.1. The minimum atomic E-state index is -0.469. The maximum atomic E-state index is 13.1. The number of benzene rings is 1. The van der Waals surface area contributed by atoms with Crippen LogP contribution in [0.25, 0.3) is 0 Å². The topological polar surface area (TPSA) is 49.4 Å². The van der Waals surface area contributed by atoms with Crippen LogP contribution in [0.4, 0.5) is 10.1 Å². The molecule has 1 amide bonds. The van der Waals surface area contributed by atoms with Crippen molar-refractivity contribution in [3.63, 3.8) is 0 Å². The van der Waals surface area contributed by atoms with Crippen LogP contribution in [0.15, 0.2) is 18.2 Å². The molecule has 0 radical (unpaired) electrons. The lowest BCUT2D eigenvalue weighted by Gasteiger charge is -2.24. The van der Waals surface area contributed by atoms with Gasteiger partial charge < -0.3 is 10.2 Å². The van der Waals surface area contributed by atoms with Gasteiger partial charge in [-0.05, 0) is 31.5 Å². The monoisotopic (exact) mass is 264 g/mol. The van der Waals surface area contributed by atoms with Crippen LogP contribution in [0.3, 0.4) is 0 Å². The second kappa shape index (κ2) is 4.99. The second-order valence-corrected chi connectivity index (χ2v) is 5.13. The Kier molecular flexibility index (Phi) is 3.55. The molecule has 1 saturated heterocycles. The summed E-state index contributed by atoms with van der Waals surface area (Å²) in [7, 11) is 1.62. The molecule has 1 aliphatic heterocycles. The summed E-state index contributed by atoms with van der Waals surface area (Å²) >= 11 is 0. The standard InChI is InChI=1S/C14H17FN2O2/c1-14(13(19)16-2)5-6-17(9-14)12-4-3-11(15)7-10(12)8-18/h3-4,7-8H,5-6,9H2,1-2H3,(H,16,19). The van der Waals surface area contributed by atoms with E-state index >= 15 is 0 Å². The Morgan fingerprint density at radius 1 is 1.53 bits per heavy atom. The second-order valence-electron chi connectivity index (χ2n) is 5.13. The Hall–Kier alpha value is -1.91. The first kappa shape index (κ1) is 13.5. The number of aldehydes is 1. The number of hydrogen-bond acceptors (Lipinski definition) is 3. The van der Waals surface area contributed by atoms with Crippen molar-refractivity contribution in [3.05, 3.63) is 29.6 Å². The number of amides is 1. The highest BCUT2D eigenvalue weighted by molar-refractivity contribution is 5.87. The van der Waals surface area contributed by atoms with E-state index in [-0.39, 0.29) is 5.91 Å². The van der Waals surface area contributed by atoms with Crippen molar-refractivity contribution in [1.82, 2.24) is 5.32 Å². The summed E-state index contributed by atoms with van der Waals surface area (Å²) in [4.78, 5) is 24.8. The number of anilines is 1. The fraction of sp³-hybridized carbons (Fsp3) is 0.429. The van der Waals surface area contributed by atoms with E-state index < -0.39 is 11.2 Å². The lowest BCUT2D eigenvalue weighted by Crippen LogP contribution is -2.39. The smallest absolute Gasteiger partial charge is 0.227 e. The Labute approximate surface area is 111 Å². The molecule has 1 unspecified atom stereocenters. The molecular weight excluding hydrogens is 247 g/mol.